The summed E-state index contributed by atoms with van der Waals surface area (Å²) in [6.45, 7) is 2.76. The Hall–Kier alpha value is -3.68. The molecule has 1 aromatic heterocycles. The van der Waals surface area contributed by atoms with Gasteiger partial charge in [0.1, 0.15) is 18.4 Å². The van der Waals surface area contributed by atoms with E-state index in [0.29, 0.717) is 43.0 Å². The van der Waals surface area contributed by atoms with Crippen LogP contribution in [0.5, 0.6) is 5.75 Å². The van der Waals surface area contributed by atoms with Crippen LogP contribution in [0.4, 0.5) is 5.69 Å². The van der Waals surface area contributed by atoms with Gasteiger partial charge in [0, 0.05) is 18.7 Å². The topological polar surface area (TPSA) is 98.1 Å². The van der Waals surface area contributed by atoms with Gasteiger partial charge in [-0.15, -0.1) is 0 Å². The van der Waals surface area contributed by atoms with Gasteiger partial charge in [-0.05, 0) is 49.7 Å². The van der Waals surface area contributed by atoms with Crippen LogP contribution in [-0.2, 0) is 4.79 Å². The minimum atomic E-state index is -0.210. The molecule has 0 unspecified atom stereocenters. The fraction of sp³-hybridized carbons (Fsp3) is 0.238. The minimum Gasteiger partial charge on any atom is -0.493 e. The number of aromatic nitrogens is 3. The smallest absolute Gasteiger partial charge is 0.255 e. The zero-order valence-corrected chi connectivity index (χ0v) is 16.2. The number of benzene rings is 2. The van der Waals surface area contributed by atoms with E-state index in [9.17, 15) is 9.59 Å². The maximum absolute atomic E-state index is 12.3. The first-order valence-corrected chi connectivity index (χ1v) is 9.42. The summed E-state index contributed by atoms with van der Waals surface area (Å²) in [5, 5.41) is 9.72. The molecule has 0 spiro atoms. The molecule has 1 heterocycles. The minimum absolute atomic E-state index is 0.109. The molecule has 0 saturated heterocycles. The number of nitrogens with zero attached hydrogens (tertiary/aromatic N) is 3. The van der Waals surface area contributed by atoms with Crippen LogP contribution in [0.15, 0.2) is 61.2 Å². The number of para-hydroxylation sites is 1. The van der Waals surface area contributed by atoms with Crippen molar-refractivity contribution in [2.24, 2.45) is 0 Å². The number of nitrogens with one attached hydrogen (secondary N) is 2. The van der Waals surface area contributed by atoms with E-state index in [1.807, 2.05) is 25.1 Å². The molecule has 29 heavy (non-hydrogen) atoms. The van der Waals surface area contributed by atoms with Crippen LogP contribution >= 0.6 is 0 Å². The number of carbonyl (C=O) groups is 2. The Morgan fingerprint density at radius 1 is 1.10 bits per heavy atom. The fourth-order valence-corrected chi connectivity index (χ4v) is 2.74. The van der Waals surface area contributed by atoms with Gasteiger partial charge in [0.2, 0.25) is 5.91 Å². The lowest BCUT2D eigenvalue weighted by molar-refractivity contribution is -0.116. The highest BCUT2D eigenvalue weighted by molar-refractivity contribution is 5.97. The van der Waals surface area contributed by atoms with Crippen molar-refractivity contribution in [3.63, 3.8) is 0 Å². The van der Waals surface area contributed by atoms with Gasteiger partial charge in [-0.2, -0.15) is 5.10 Å². The van der Waals surface area contributed by atoms with E-state index < -0.39 is 0 Å². The van der Waals surface area contributed by atoms with Gasteiger partial charge in [-0.25, -0.2) is 9.67 Å². The van der Waals surface area contributed by atoms with Gasteiger partial charge in [0.05, 0.1) is 17.9 Å². The molecule has 0 saturated carbocycles. The Labute approximate surface area is 168 Å². The average Bonchev–Trinajstić information content (AvgIpc) is 3.27. The highest BCUT2D eigenvalue weighted by Gasteiger charge is 2.11. The lowest BCUT2D eigenvalue weighted by Gasteiger charge is -2.10. The maximum atomic E-state index is 12.3. The first-order valence-electron chi connectivity index (χ1n) is 9.42. The lowest BCUT2D eigenvalue weighted by atomic mass is 10.2. The van der Waals surface area contributed by atoms with Crippen molar-refractivity contribution in [1.82, 2.24) is 20.1 Å². The molecule has 0 aliphatic rings. The summed E-state index contributed by atoms with van der Waals surface area (Å²) in [7, 11) is 0. The Morgan fingerprint density at radius 2 is 1.90 bits per heavy atom. The number of ether oxygens (including phenoxy) is 1. The van der Waals surface area contributed by atoms with Crippen molar-refractivity contribution in [3.8, 4) is 11.4 Å². The lowest BCUT2D eigenvalue weighted by Crippen LogP contribution is -2.26. The zero-order valence-electron chi connectivity index (χ0n) is 16.2. The van der Waals surface area contributed by atoms with Crippen molar-refractivity contribution < 1.29 is 14.3 Å². The molecule has 3 aromatic rings. The molecular weight excluding hydrogens is 370 g/mol. The van der Waals surface area contributed by atoms with Crippen molar-refractivity contribution in [1.29, 1.82) is 0 Å². The van der Waals surface area contributed by atoms with E-state index in [2.05, 4.69) is 20.7 Å². The van der Waals surface area contributed by atoms with Gasteiger partial charge in [-0.3, -0.25) is 9.59 Å². The van der Waals surface area contributed by atoms with Crippen LogP contribution in [-0.4, -0.2) is 39.7 Å². The van der Waals surface area contributed by atoms with Crippen molar-refractivity contribution in [2.45, 2.75) is 19.8 Å². The molecular formula is C21H23N5O3. The van der Waals surface area contributed by atoms with E-state index in [1.54, 1.807) is 41.3 Å². The van der Waals surface area contributed by atoms with E-state index in [-0.39, 0.29) is 11.8 Å². The Balaban J connectivity index is 1.41. The van der Waals surface area contributed by atoms with E-state index in [1.165, 1.54) is 6.33 Å². The van der Waals surface area contributed by atoms with Crippen LogP contribution < -0.4 is 15.4 Å². The summed E-state index contributed by atoms with van der Waals surface area (Å²) in [5.74, 6) is 0.236. The third kappa shape index (κ3) is 5.65. The molecule has 0 atom stereocenters. The fourth-order valence-electron chi connectivity index (χ4n) is 2.74. The molecule has 8 heteroatoms. The number of hydrogen-bond donors (Lipinski definition) is 2. The number of amides is 2. The van der Waals surface area contributed by atoms with Gasteiger partial charge in [0.25, 0.3) is 5.91 Å². The highest BCUT2D eigenvalue weighted by Crippen LogP contribution is 2.17. The summed E-state index contributed by atoms with van der Waals surface area (Å²) in [4.78, 5) is 28.3. The maximum Gasteiger partial charge on any atom is 0.255 e. The quantitative estimate of drug-likeness (QED) is 0.545. The molecule has 0 radical (unpaired) electrons. The monoisotopic (exact) mass is 393 g/mol. The predicted octanol–water partition coefficient (Wildman–Crippen LogP) is 2.81. The average molecular weight is 393 g/mol. The molecule has 2 aromatic carbocycles. The van der Waals surface area contributed by atoms with Crippen LogP contribution in [0.2, 0.25) is 0 Å². The van der Waals surface area contributed by atoms with Gasteiger partial charge < -0.3 is 15.4 Å². The van der Waals surface area contributed by atoms with Crippen LogP contribution in [0.1, 0.15) is 30.1 Å². The van der Waals surface area contributed by atoms with Crippen LogP contribution in [0, 0.1) is 0 Å². The second-order valence-corrected chi connectivity index (χ2v) is 6.22. The summed E-state index contributed by atoms with van der Waals surface area (Å²) in [6, 6.07) is 14.4. The first kappa shape index (κ1) is 20.1. The second-order valence-electron chi connectivity index (χ2n) is 6.22. The molecule has 8 nitrogen and oxygen atoms in total. The van der Waals surface area contributed by atoms with Crippen LogP contribution in [0.25, 0.3) is 5.69 Å². The summed E-state index contributed by atoms with van der Waals surface area (Å²) < 4.78 is 7.10. The van der Waals surface area contributed by atoms with Gasteiger partial charge in [-0.1, -0.05) is 12.1 Å². The molecule has 0 bridgehead atoms. The molecule has 0 aliphatic carbocycles. The standard InChI is InChI=1S/C21H23N5O3/c1-2-29-19-7-4-3-6-18(19)21(28)23-13-5-8-20(27)25-16-9-11-17(12-10-16)26-15-22-14-24-26/h3-4,6-7,9-12,14-15H,2,5,8,13H2,1H3,(H,23,28)(H,25,27). The third-order valence-corrected chi connectivity index (χ3v) is 4.13. The second kappa shape index (κ2) is 10.0. The summed E-state index contributed by atoms with van der Waals surface area (Å²) in [6.07, 6.45) is 3.90. The SMILES string of the molecule is CCOc1ccccc1C(=O)NCCCC(=O)Nc1ccc(-n2cncn2)cc1. The summed E-state index contributed by atoms with van der Waals surface area (Å²) >= 11 is 0. The molecule has 2 amide bonds. The molecule has 2 N–H and O–H groups in total. The van der Waals surface area contributed by atoms with Gasteiger partial charge >= 0.3 is 0 Å². The number of anilines is 1. The van der Waals surface area contributed by atoms with E-state index in [4.69, 9.17) is 4.74 Å². The predicted molar refractivity (Wildman–Crippen MR) is 109 cm³/mol. The zero-order chi connectivity index (χ0) is 20.5. The van der Waals surface area contributed by atoms with Crippen molar-refractivity contribution in [2.75, 3.05) is 18.5 Å². The highest BCUT2D eigenvalue weighted by atomic mass is 16.5. The molecule has 0 fully saturated rings. The first-order chi connectivity index (χ1) is 14.2. The Morgan fingerprint density at radius 3 is 2.62 bits per heavy atom. The van der Waals surface area contributed by atoms with Crippen molar-refractivity contribution >= 4 is 17.5 Å². The Kier molecular flexibility index (Phi) is 6.94. The Bertz CT molecular complexity index is 939. The number of hydrogen-bond acceptors (Lipinski definition) is 5. The number of rotatable bonds is 9. The number of carbonyl (C=O) groups excluding carboxylic acids is 2. The molecule has 150 valence electrons. The van der Waals surface area contributed by atoms with E-state index >= 15 is 0 Å². The normalized spacial score (nSPS) is 10.4. The summed E-state index contributed by atoms with van der Waals surface area (Å²) in [5.41, 5.74) is 2.05. The van der Waals surface area contributed by atoms with E-state index in [0.717, 1.165) is 5.69 Å². The van der Waals surface area contributed by atoms with Crippen LogP contribution in [0.3, 0.4) is 0 Å². The largest absolute Gasteiger partial charge is 0.493 e. The van der Waals surface area contributed by atoms with Crippen molar-refractivity contribution in [3.05, 3.63) is 66.7 Å². The molecule has 0 aliphatic heterocycles. The molecule has 3 rings (SSSR count). The third-order valence-electron chi connectivity index (χ3n) is 4.13. The van der Waals surface area contributed by atoms with Gasteiger partial charge in [0.15, 0.2) is 0 Å².